The standard InChI is InChI=1S/C18H21BrN4O/c1-13-10-14(19)6-7-15(13)22-17-12-20-16(11-21-17)18(24)23-8-4-2-3-5-9-23/h6-7,10-12H,2-5,8-9H2,1H3,(H,21,22). The third-order valence-corrected chi connectivity index (χ3v) is 4.71. The summed E-state index contributed by atoms with van der Waals surface area (Å²) >= 11 is 3.45. The number of hydrogen-bond donors (Lipinski definition) is 1. The maximum Gasteiger partial charge on any atom is 0.274 e. The van der Waals surface area contributed by atoms with Gasteiger partial charge >= 0.3 is 0 Å². The first-order valence-corrected chi connectivity index (χ1v) is 9.07. The van der Waals surface area contributed by atoms with E-state index in [0.29, 0.717) is 11.5 Å². The van der Waals surface area contributed by atoms with Crippen LogP contribution in [0.4, 0.5) is 11.5 Å². The largest absolute Gasteiger partial charge is 0.339 e. The quantitative estimate of drug-likeness (QED) is 0.850. The number of carbonyl (C=O) groups is 1. The zero-order chi connectivity index (χ0) is 16.9. The van der Waals surface area contributed by atoms with E-state index in [4.69, 9.17) is 0 Å². The molecule has 1 amide bonds. The lowest BCUT2D eigenvalue weighted by atomic mass is 10.2. The summed E-state index contributed by atoms with van der Waals surface area (Å²) in [5.41, 5.74) is 2.49. The van der Waals surface area contributed by atoms with Gasteiger partial charge in [0.25, 0.3) is 5.91 Å². The van der Waals surface area contributed by atoms with Crippen molar-refractivity contribution in [2.24, 2.45) is 0 Å². The zero-order valence-corrected chi connectivity index (χ0v) is 15.3. The maximum atomic E-state index is 12.5. The summed E-state index contributed by atoms with van der Waals surface area (Å²) in [6, 6.07) is 5.99. The molecule has 5 nitrogen and oxygen atoms in total. The fourth-order valence-electron chi connectivity index (χ4n) is 2.84. The van der Waals surface area contributed by atoms with Crippen molar-refractivity contribution in [3.05, 3.63) is 46.3 Å². The molecule has 0 unspecified atom stereocenters. The van der Waals surface area contributed by atoms with Crippen molar-refractivity contribution in [1.82, 2.24) is 14.9 Å². The molecule has 3 rings (SSSR count). The fourth-order valence-corrected chi connectivity index (χ4v) is 3.32. The second kappa shape index (κ2) is 7.75. The van der Waals surface area contributed by atoms with Crippen molar-refractivity contribution >= 4 is 33.3 Å². The van der Waals surface area contributed by atoms with Crippen LogP contribution in [0.3, 0.4) is 0 Å². The molecule has 2 heterocycles. The highest BCUT2D eigenvalue weighted by Crippen LogP contribution is 2.22. The van der Waals surface area contributed by atoms with Crippen LogP contribution in [0.15, 0.2) is 35.1 Å². The Labute approximate surface area is 150 Å². The molecule has 1 N–H and O–H groups in total. The minimum absolute atomic E-state index is 0.0178. The van der Waals surface area contributed by atoms with Gasteiger partial charge in [0.05, 0.1) is 12.4 Å². The van der Waals surface area contributed by atoms with Crippen LogP contribution < -0.4 is 5.32 Å². The van der Waals surface area contributed by atoms with Gasteiger partial charge in [-0.05, 0) is 43.5 Å². The molecule has 1 aliphatic heterocycles. The molecule has 1 aliphatic rings. The number of anilines is 2. The molecular formula is C18H21BrN4O. The van der Waals surface area contributed by atoms with Crippen LogP contribution in [0.2, 0.25) is 0 Å². The van der Waals surface area contributed by atoms with Crippen LogP contribution in [0.5, 0.6) is 0 Å². The first-order valence-electron chi connectivity index (χ1n) is 8.28. The molecule has 1 aromatic carbocycles. The number of nitrogens with zero attached hydrogens (tertiary/aromatic N) is 3. The van der Waals surface area contributed by atoms with Crippen LogP contribution in [0, 0.1) is 6.92 Å². The number of likely N-dealkylation sites (tertiary alicyclic amines) is 1. The van der Waals surface area contributed by atoms with Gasteiger partial charge in [-0.1, -0.05) is 28.8 Å². The highest BCUT2D eigenvalue weighted by atomic mass is 79.9. The summed E-state index contributed by atoms with van der Waals surface area (Å²) in [7, 11) is 0. The van der Waals surface area contributed by atoms with E-state index in [-0.39, 0.29) is 5.91 Å². The molecule has 0 bridgehead atoms. The van der Waals surface area contributed by atoms with Crippen LogP contribution in [0.25, 0.3) is 0 Å². The molecule has 1 saturated heterocycles. The summed E-state index contributed by atoms with van der Waals surface area (Å²) in [6.07, 6.45) is 7.72. The molecule has 0 spiro atoms. The van der Waals surface area contributed by atoms with Crippen LogP contribution >= 0.6 is 15.9 Å². The smallest absolute Gasteiger partial charge is 0.274 e. The predicted molar refractivity (Wildman–Crippen MR) is 98.6 cm³/mol. The molecule has 0 saturated carbocycles. The second-order valence-corrected chi connectivity index (χ2v) is 6.99. The Kier molecular flexibility index (Phi) is 5.45. The summed E-state index contributed by atoms with van der Waals surface area (Å²) in [6.45, 7) is 3.66. The predicted octanol–water partition coefficient (Wildman–Crippen LogP) is 4.31. The van der Waals surface area contributed by atoms with Gasteiger partial charge in [-0.3, -0.25) is 4.79 Å². The molecule has 0 radical (unpaired) electrons. The van der Waals surface area contributed by atoms with Gasteiger partial charge in [0.2, 0.25) is 0 Å². The topological polar surface area (TPSA) is 58.1 Å². The first kappa shape index (κ1) is 16.9. The lowest BCUT2D eigenvalue weighted by Gasteiger charge is -2.19. The van der Waals surface area contributed by atoms with Crippen molar-refractivity contribution in [1.29, 1.82) is 0 Å². The molecule has 0 aliphatic carbocycles. The van der Waals surface area contributed by atoms with E-state index in [9.17, 15) is 4.79 Å². The molecule has 1 fully saturated rings. The Balaban J connectivity index is 1.69. The molecular weight excluding hydrogens is 368 g/mol. The van der Waals surface area contributed by atoms with E-state index in [1.807, 2.05) is 30.0 Å². The van der Waals surface area contributed by atoms with Gasteiger partial charge in [-0.15, -0.1) is 0 Å². The van der Waals surface area contributed by atoms with Gasteiger partial charge in [0.15, 0.2) is 0 Å². The maximum absolute atomic E-state index is 12.5. The minimum atomic E-state index is -0.0178. The van der Waals surface area contributed by atoms with E-state index in [1.54, 1.807) is 12.4 Å². The Bertz CT molecular complexity index is 709. The highest BCUT2D eigenvalue weighted by Gasteiger charge is 2.18. The number of benzene rings is 1. The van der Waals surface area contributed by atoms with Gasteiger partial charge < -0.3 is 10.2 Å². The average Bonchev–Trinajstić information content (AvgIpc) is 2.87. The molecule has 24 heavy (non-hydrogen) atoms. The Morgan fingerprint density at radius 1 is 1.12 bits per heavy atom. The van der Waals surface area contributed by atoms with Gasteiger partial charge in [-0.25, -0.2) is 9.97 Å². The summed E-state index contributed by atoms with van der Waals surface area (Å²) in [5, 5.41) is 3.24. The number of rotatable bonds is 3. The summed E-state index contributed by atoms with van der Waals surface area (Å²) in [4.78, 5) is 23.0. The van der Waals surface area contributed by atoms with Crippen LogP contribution in [-0.4, -0.2) is 33.9 Å². The molecule has 126 valence electrons. The number of aryl methyl sites for hydroxylation is 1. The highest BCUT2D eigenvalue weighted by molar-refractivity contribution is 9.10. The zero-order valence-electron chi connectivity index (χ0n) is 13.8. The molecule has 6 heteroatoms. The van der Waals surface area contributed by atoms with E-state index in [2.05, 4.69) is 31.2 Å². The van der Waals surface area contributed by atoms with Gasteiger partial charge in [-0.2, -0.15) is 0 Å². The summed E-state index contributed by atoms with van der Waals surface area (Å²) < 4.78 is 1.04. The van der Waals surface area contributed by atoms with Crippen molar-refractivity contribution in [2.45, 2.75) is 32.6 Å². The number of nitrogens with one attached hydrogen (secondary N) is 1. The van der Waals surface area contributed by atoms with Crippen molar-refractivity contribution in [2.75, 3.05) is 18.4 Å². The minimum Gasteiger partial charge on any atom is -0.339 e. The molecule has 1 aromatic heterocycles. The van der Waals surface area contributed by atoms with Gasteiger partial charge in [0, 0.05) is 23.2 Å². The van der Waals surface area contributed by atoms with Crippen LogP contribution in [0.1, 0.15) is 41.7 Å². The van der Waals surface area contributed by atoms with Crippen molar-refractivity contribution in [3.8, 4) is 0 Å². The normalized spacial score (nSPS) is 15.0. The summed E-state index contributed by atoms with van der Waals surface area (Å²) in [5.74, 6) is 0.614. The third-order valence-electron chi connectivity index (χ3n) is 4.22. The van der Waals surface area contributed by atoms with E-state index in [1.165, 1.54) is 12.8 Å². The number of amides is 1. The fraction of sp³-hybridized carbons (Fsp3) is 0.389. The van der Waals surface area contributed by atoms with Crippen molar-refractivity contribution in [3.63, 3.8) is 0 Å². The number of hydrogen-bond acceptors (Lipinski definition) is 4. The van der Waals surface area contributed by atoms with Crippen LogP contribution in [-0.2, 0) is 0 Å². The van der Waals surface area contributed by atoms with Crippen molar-refractivity contribution < 1.29 is 4.79 Å². The Morgan fingerprint density at radius 3 is 2.50 bits per heavy atom. The monoisotopic (exact) mass is 388 g/mol. The number of halogens is 1. The number of aromatic nitrogens is 2. The molecule has 2 aromatic rings. The second-order valence-electron chi connectivity index (χ2n) is 6.08. The van der Waals surface area contributed by atoms with E-state index >= 15 is 0 Å². The first-order chi connectivity index (χ1) is 11.6. The lowest BCUT2D eigenvalue weighted by molar-refractivity contribution is 0.0755. The number of carbonyl (C=O) groups excluding carboxylic acids is 1. The van der Waals surface area contributed by atoms with Gasteiger partial charge in [0.1, 0.15) is 11.5 Å². The third kappa shape index (κ3) is 4.12. The Hall–Kier alpha value is -1.95. The SMILES string of the molecule is Cc1cc(Br)ccc1Nc1cnc(C(=O)N2CCCCCC2)cn1. The van der Waals surface area contributed by atoms with E-state index < -0.39 is 0 Å². The molecule has 0 atom stereocenters. The Morgan fingerprint density at radius 2 is 1.88 bits per heavy atom. The lowest BCUT2D eigenvalue weighted by Crippen LogP contribution is -2.32. The van der Waals surface area contributed by atoms with E-state index in [0.717, 1.165) is 41.7 Å². The average molecular weight is 389 g/mol.